The van der Waals surface area contributed by atoms with Crippen molar-refractivity contribution in [2.45, 2.75) is 79.1 Å². The van der Waals surface area contributed by atoms with Gasteiger partial charge < -0.3 is 9.59 Å². The maximum atomic E-state index is 11.6. The fourth-order valence-corrected chi connectivity index (χ4v) is 4.65. The van der Waals surface area contributed by atoms with Crippen molar-refractivity contribution in [3.05, 3.63) is 43.9 Å². The molecule has 0 spiro atoms. The maximum Gasteiger partial charge on any atom is 0.289 e. The number of H-pyrrole nitrogens is 2. The molecule has 0 bridgehead atoms. The van der Waals surface area contributed by atoms with Crippen molar-refractivity contribution in [1.82, 2.24) is 15.2 Å². The molecule has 0 amide bonds. The lowest BCUT2D eigenvalue weighted by Gasteiger charge is -2.39. The molecule has 194 valence electrons. The van der Waals surface area contributed by atoms with Crippen molar-refractivity contribution < 1.29 is 9.59 Å². The second-order valence-corrected chi connectivity index (χ2v) is 9.84. The van der Waals surface area contributed by atoms with Crippen LogP contribution in [0, 0.1) is 0 Å². The van der Waals surface area contributed by atoms with Gasteiger partial charge in [-0.1, -0.05) is 65.0 Å². The van der Waals surface area contributed by atoms with E-state index in [1.807, 2.05) is 0 Å². The molecule has 1 aromatic carbocycles. The molecule has 8 heteroatoms. The van der Waals surface area contributed by atoms with Crippen LogP contribution in [0.4, 0.5) is 0 Å². The van der Waals surface area contributed by atoms with Crippen molar-refractivity contribution in [3.8, 4) is 5.75 Å². The van der Waals surface area contributed by atoms with Crippen molar-refractivity contribution in [1.29, 1.82) is 0 Å². The summed E-state index contributed by atoms with van der Waals surface area (Å²) in [6.07, 6.45) is 11.1. The van der Waals surface area contributed by atoms with Gasteiger partial charge in [-0.15, -0.1) is 0 Å². The van der Waals surface area contributed by atoms with Crippen LogP contribution in [-0.2, 0) is 0 Å². The summed E-state index contributed by atoms with van der Waals surface area (Å²) in [6, 6.07) is 4.62. The molecule has 35 heavy (non-hydrogen) atoms. The minimum Gasteiger partial charge on any atom is -0.506 e. The highest BCUT2D eigenvalue weighted by atomic mass is 35.5. The van der Waals surface area contributed by atoms with E-state index in [-0.39, 0.29) is 16.7 Å². The summed E-state index contributed by atoms with van der Waals surface area (Å²) in [5, 5.41) is 15.0. The Kier molecular flexibility index (Phi) is 11.7. The first kappa shape index (κ1) is 28.9. The van der Waals surface area contributed by atoms with Gasteiger partial charge in [0.2, 0.25) is 0 Å². The monoisotopic (exact) mass is 505 g/mol. The molecular weight excluding hydrogens is 464 g/mol. The number of quaternary nitrogens is 1. The fraction of sp³-hybridized carbons (Fsp3) is 0.593. The third-order valence-electron chi connectivity index (χ3n) is 6.60. The normalized spacial score (nSPS) is 11.6. The largest absolute Gasteiger partial charge is 0.506 e. The van der Waals surface area contributed by atoms with Gasteiger partial charge in [-0.3, -0.25) is 19.8 Å². The van der Waals surface area contributed by atoms with Gasteiger partial charge in [0.25, 0.3) is 11.1 Å². The summed E-state index contributed by atoms with van der Waals surface area (Å²) in [4.78, 5) is 27.2. The number of pyridine rings is 1. The number of halogens is 1. The number of aromatic nitrogens is 3. The molecule has 2 heterocycles. The Labute approximate surface area is 213 Å². The summed E-state index contributed by atoms with van der Waals surface area (Å²) in [5.74, 6) is -0.279. The van der Waals surface area contributed by atoms with Crippen LogP contribution < -0.4 is 11.1 Å². The molecule has 0 aliphatic heterocycles. The first-order valence-corrected chi connectivity index (χ1v) is 13.5. The molecule has 0 atom stereocenters. The lowest BCUT2D eigenvalue weighted by molar-refractivity contribution is -0.929. The lowest BCUT2D eigenvalue weighted by atomic mass is 10.1. The number of hydrogen-bond donors (Lipinski definition) is 3. The van der Waals surface area contributed by atoms with Gasteiger partial charge in [0.1, 0.15) is 16.7 Å². The first-order valence-electron chi connectivity index (χ1n) is 13.1. The molecule has 0 aliphatic carbocycles. The number of fused-ring (bicyclic) bond motifs is 2. The zero-order valence-electron chi connectivity index (χ0n) is 21.8. The second-order valence-electron chi connectivity index (χ2n) is 9.40. The van der Waals surface area contributed by atoms with Gasteiger partial charge in [0, 0.05) is 10.4 Å². The Bertz CT molecular complexity index is 1150. The number of nitrogens with one attached hydrogen (secondary N) is 2. The van der Waals surface area contributed by atoms with Gasteiger partial charge >= 0.3 is 0 Å². The number of hydrogen-bond acceptors (Lipinski definition) is 4. The van der Waals surface area contributed by atoms with Crippen molar-refractivity contribution in [3.63, 3.8) is 0 Å². The fourth-order valence-electron chi connectivity index (χ4n) is 4.48. The number of aromatic hydroxyl groups is 1. The second kappa shape index (κ2) is 14.2. The van der Waals surface area contributed by atoms with Crippen LogP contribution in [-0.4, -0.2) is 50.9 Å². The molecular formula is C27H42ClN4O3+. The summed E-state index contributed by atoms with van der Waals surface area (Å²) in [7, 11) is 0. The topological polar surface area (TPSA) is 98.8 Å². The van der Waals surface area contributed by atoms with Crippen LogP contribution in [0.3, 0.4) is 0 Å². The average Bonchev–Trinajstić information content (AvgIpc) is 2.85. The van der Waals surface area contributed by atoms with Crippen LogP contribution in [0.1, 0.15) is 79.1 Å². The average molecular weight is 506 g/mol. The molecule has 0 saturated carbocycles. The third-order valence-corrected chi connectivity index (χ3v) is 6.83. The zero-order valence-corrected chi connectivity index (χ0v) is 22.5. The highest BCUT2D eigenvalue weighted by Crippen LogP contribution is 2.29. The van der Waals surface area contributed by atoms with E-state index >= 15 is 0 Å². The van der Waals surface area contributed by atoms with Crippen molar-refractivity contribution in [2.75, 3.05) is 26.2 Å². The zero-order chi connectivity index (χ0) is 25.8. The van der Waals surface area contributed by atoms with E-state index in [1.54, 1.807) is 12.1 Å². The highest BCUT2D eigenvalue weighted by Gasteiger charge is 2.24. The molecule has 3 aromatic rings. The molecule has 0 radical (unpaired) electrons. The number of unbranched alkanes of at least 4 members (excludes halogenated alkanes) is 4. The number of benzene rings is 1. The van der Waals surface area contributed by atoms with Crippen LogP contribution in [0.2, 0.25) is 5.02 Å². The molecule has 0 fully saturated rings. The van der Waals surface area contributed by atoms with E-state index < -0.39 is 11.1 Å². The Morgan fingerprint density at radius 3 is 1.80 bits per heavy atom. The van der Waals surface area contributed by atoms with Crippen molar-refractivity contribution in [2.24, 2.45) is 0 Å². The lowest BCUT2D eigenvalue weighted by Crippen LogP contribution is -2.50. The molecule has 0 aliphatic rings. The van der Waals surface area contributed by atoms with Gasteiger partial charge in [-0.05, 0) is 43.9 Å². The standard InChI is InChI=1S/C16H36N.C11H6ClN3O3/c1-5-9-13-17(14-10-6-2,15-11-7-3)16-12-8-4;12-4-1-2-5-6(3-4)13-8-7(9(5)16)10(17)14-15-11(8)18/h5-16H2,1-4H3;1-3H,(H,13,16)(H,14,17)(H,15,18)/q+1;. The van der Waals surface area contributed by atoms with E-state index in [0.717, 1.165) is 0 Å². The first-order chi connectivity index (χ1) is 16.8. The van der Waals surface area contributed by atoms with E-state index in [9.17, 15) is 14.7 Å². The number of nitrogens with zero attached hydrogens (tertiary/aromatic N) is 2. The maximum absolute atomic E-state index is 11.6. The SMILES string of the molecule is CCCC[N+](CCCC)(CCCC)CCCC.O=c1[nH][nH]c(=O)c2c(O)c3ccc(Cl)cc3nc12. The molecule has 3 rings (SSSR count). The van der Waals surface area contributed by atoms with E-state index in [2.05, 4.69) is 42.9 Å². The minimum absolute atomic E-state index is 0.119. The van der Waals surface area contributed by atoms with Crippen LogP contribution in [0.15, 0.2) is 27.8 Å². The molecule has 0 saturated heterocycles. The molecule has 2 aromatic heterocycles. The van der Waals surface area contributed by atoms with Crippen molar-refractivity contribution >= 4 is 33.4 Å². The molecule has 3 N–H and O–H groups in total. The van der Waals surface area contributed by atoms with Crippen LogP contribution >= 0.6 is 11.6 Å². The number of rotatable bonds is 12. The summed E-state index contributed by atoms with van der Waals surface area (Å²) >= 11 is 5.82. The number of aromatic amines is 2. The highest BCUT2D eigenvalue weighted by molar-refractivity contribution is 6.31. The smallest absolute Gasteiger partial charge is 0.289 e. The van der Waals surface area contributed by atoms with Crippen LogP contribution in [0.5, 0.6) is 5.75 Å². The van der Waals surface area contributed by atoms with Gasteiger partial charge in [0.15, 0.2) is 0 Å². The Morgan fingerprint density at radius 1 is 0.829 bits per heavy atom. The Balaban J connectivity index is 0.000000248. The molecule has 7 nitrogen and oxygen atoms in total. The Morgan fingerprint density at radius 2 is 1.31 bits per heavy atom. The minimum atomic E-state index is -0.605. The summed E-state index contributed by atoms with van der Waals surface area (Å²) < 4.78 is 1.42. The van der Waals surface area contributed by atoms with Crippen LogP contribution in [0.25, 0.3) is 21.8 Å². The predicted octanol–water partition coefficient (Wildman–Crippen LogP) is 6.13. The summed E-state index contributed by atoms with van der Waals surface area (Å²) in [6.45, 7) is 15.0. The van der Waals surface area contributed by atoms with Gasteiger partial charge in [-0.25, -0.2) is 4.98 Å². The predicted molar refractivity (Wildman–Crippen MR) is 147 cm³/mol. The summed E-state index contributed by atoms with van der Waals surface area (Å²) in [5.41, 5.74) is -0.956. The molecule has 0 unspecified atom stereocenters. The van der Waals surface area contributed by atoms with E-state index in [4.69, 9.17) is 11.6 Å². The van der Waals surface area contributed by atoms with E-state index in [0.29, 0.717) is 15.9 Å². The quantitative estimate of drug-likeness (QED) is 0.204. The van der Waals surface area contributed by atoms with E-state index in [1.165, 1.54) is 88.1 Å². The van der Waals surface area contributed by atoms with Gasteiger partial charge in [-0.2, -0.15) is 0 Å². The van der Waals surface area contributed by atoms with Gasteiger partial charge in [0.05, 0.1) is 31.7 Å². The third kappa shape index (κ3) is 7.80. The Hall–Kier alpha value is -2.38.